The van der Waals surface area contributed by atoms with Gasteiger partial charge in [-0.2, -0.15) is 0 Å². The minimum Gasteiger partial charge on any atom is -0.483 e. The first-order valence-electron chi connectivity index (χ1n) is 4.97. The number of carbonyl (C=O) groups is 1. The van der Waals surface area contributed by atoms with E-state index in [9.17, 15) is 4.79 Å². The molecule has 0 heterocycles. The maximum absolute atomic E-state index is 10.1. The topological polar surface area (TPSA) is 84.6 Å². The highest BCUT2D eigenvalue weighted by molar-refractivity contribution is 5.85. The second kappa shape index (κ2) is 11.0. The van der Waals surface area contributed by atoms with Gasteiger partial charge >= 0.3 is 5.97 Å². The molecule has 0 aliphatic rings. The van der Waals surface area contributed by atoms with Crippen LogP contribution in [0.3, 0.4) is 0 Å². The first kappa shape index (κ1) is 16.4. The molecule has 0 fully saturated rings. The summed E-state index contributed by atoms with van der Waals surface area (Å²) in [4.78, 5) is 10.1. The average Bonchev–Trinajstić information content (AvgIpc) is 2.16. The molecular weight excluding hydrogens is 196 g/mol. The van der Waals surface area contributed by atoms with Gasteiger partial charge in [0.1, 0.15) is 6.23 Å². The summed E-state index contributed by atoms with van der Waals surface area (Å²) >= 11 is 0. The summed E-state index contributed by atoms with van der Waals surface area (Å²) in [5.41, 5.74) is 5.32. The van der Waals surface area contributed by atoms with Gasteiger partial charge in [-0.1, -0.05) is 13.8 Å². The zero-order valence-corrected chi connectivity index (χ0v) is 9.91. The summed E-state index contributed by atoms with van der Waals surface area (Å²) < 4.78 is 4.70. The van der Waals surface area contributed by atoms with E-state index in [2.05, 4.69) is 19.2 Å². The minimum atomic E-state index is -0.999. The van der Waals surface area contributed by atoms with Crippen molar-refractivity contribution in [3.05, 3.63) is 11.8 Å². The third-order valence-corrected chi connectivity index (χ3v) is 1.30. The van der Waals surface area contributed by atoms with E-state index < -0.39 is 12.2 Å². The van der Waals surface area contributed by atoms with Crippen LogP contribution >= 0.6 is 0 Å². The third kappa shape index (κ3) is 15.7. The lowest BCUT2D eigenvalue weighted by Crippen LogP contribution is -2.16. The molecule has 1 unspecified atom stereocenters. The lowest BCUT2D eigenvalue weighted by atomic mass is 10.3. The Bertz CT molecular complexity index is 189. The van der Waals surface area contributed by atoms with Crippen LogP contribution in [0.15, 0.2) is 11.8 Å². The van der Waals surface area contributed by atoms with Crippen molar-refractivity contribution in [1.82, 2.24) is 5.32 Å². The molecule has 4 N–H and O–H groups in total. The number of hydrogen-bond acceptors (Lipinski definition) is 4. The number of carboxylic acids is 1. The zero-order chi connectivity index (χ0) is 12.3. The summed E-state index contributed by atoms with van der Waals surface area (Å²) in [7, 11) is 0. The van der Waals surface area contributed by atoms with E-state index in [0.29, 0.717) is 0 Å². The van der Waals surface area contributed by atoms with Gasteiger partial charge in [-0.25, -0.2) is 4.79 Å². The predicted octanol–water partition coefficient (Wildman–Crippen LogP) is 0.912. The molecule has 0 aromatic heterocycles. The number of rotatable bonds is 5. The summed E-state index contributed by atoms with van der Waals surface area (Å²) in [5, 5.41) is 11.4. The quantitative estimate of drug-likeness (QED) is 0.363. The fraction of sp³-hybridized carbons (Fsp3) is 0.700. The Kier molecular flexibility index (Phi) is 12.0. The molecule has 0 saturated carbocycles. The second-order valence-corrected chi connectivity index (χ2v) is 2.90. The highest BCUT2D eigenvalue weighted by atomic mass is 16.5. The van der Waals surface area contributed by atoms with Gasteiger partial charge in [0.25, 0.3) is 0 Å². The summed E-state index contributed by atoms with van der Waals surface area (Å²) in [6.45, 7) is 9.44. The van der Waals surface area contributed by atoms with Crippen LogP contribution in [0.4, 0.5) is 0 Å². The molecular formula is C10H22N2O3. The minimum absolute atomic E-state index is 0.136. The highest BCUT2D eigenvalue weighted by Crippen LogP contribution is 1.93. The van der Waals surface area contributed by atoms with E-state index in [0.717, 1.165) is 19.4 Å². The van der Waals surface area contributed by atoms with Gasteiger partial charge in [0, 0.05) is 0 Å². The number of nitrogens with two attached hydrogens (primary N) is 1. The smallest absolute Gasteiger partial charge is 0.334 e. The molecule has 15 heavy (non-hydrogen) atoms. The average molecular weight is 218 g/mol. The van der Waals surface area contributed by atoms with Crippen LogP contribution in [0, 0.1) is 0 Å². The Morgan fingerprint density at radius 3 is 2.20 bits per heavy atom. The first-order valence-corrected chi connectivity index (χ1v) is 4.97. The van der Waals surface area contributed by atoms with Crippen LogP contribution < -0.4 is 11.1 Å². The van der Waals surface area contributed by atoms with Crippen molar-refractivity contribution >= 4 is 5.97 Å². The van der Waals surface area contributed by atoms with Crippen LogP contribution in [-0.2, 0) is 9.53 Å². The maximum atomic E-state index is 10.1. The molecule has 0 rings (SSSR count). The summed E-state index contributed by atoms with van der Waals surface area (Å²) in [6, 6.07) is 0. The van der Waals surface area contributed by atoms with Crippen LogP contribution in [0.2, 0.25) is 0 Å². The van der Waals surface area contributed by atoms with E-state index in [-0.39, 0.29) is 5.57 Å². The fourth-order valence-electron chi connectivity index (χ4n) is 0.510. The van der Waals surface area contributed by atoms with Crippen molar-refractivity contribution in [3.63, 3.8) is 0 Å². The largest absolute Gasteiger partial charge is 0.483 e. The molecule has 0 spiro atoms. The molecule has 0 radical (unpaired) electrons. The molecule has 5 heteroatoms. The highest BCUT2D eigenvalue weighted by Gasteiger charge is 1.99. The second-order valence-electron chi connectivity index (χ2n) is 2.90. The van der Waals surface area contributed by atoms with E-state index in [1.54, 1.807) is 6.92 Å². The Morgan fingerprint density at radius 1 is 1.53 bits per heavy atom. The molecule has 90 valence electrons. The number of aliphatic carboxylic acids is 1. The number of carboxylic acid groups (broad SMARTS) is 1. The molecule has 0 aromatic rings. The number of hydrogen-bond donors (Lipinski definition) is 3. The Labute approximate surface area is 91.3 Å². The van der Waals surface area contributed by atoms with Gasteiger partial charge in [0.05, 0.1) is 11.8 Å². The van der Waals surface area contributed by atoms with Gasteiger partial charge < -0.3 is 15.2 Å². The van der Waals surface area contributed by atoms with Gasteiger partial charge in [-0.15, -0.1) is 0 Å². The normalized spacial score (nSPS) is 12.5. The zero-order valence-electron chi connectivity index (χ0n) is 9.91. The Balaban J connectivity index is 0. The van der Waals surface area contributed by atoms with Gasteiger partial charge in [-0.3, -0.25) is 5.73 Å². The van der Waals surface area contributed by atoms with Crippen molar-refractivity contribution in [2.45, 2.75) is 33.9 Å². The SMILES string of the molecule is CC(=COC(C)N)C(=O)O.CCNCC. The fourth-order valence-corrected chi connectivity index (χ4v) is 0.510. The first-order chi connectivity index (χ1) is 6.95. The van der Waals surface area contributed by atoms with Crippen molar-refractivity contribution in [2.75, 3.05) is 13.1 Å². The third-order valence-electron chi connectivity index (χ3n) is 1.30. The number of nitrogens with one attached hydrogen (secondary N) is 1. The van der Waals surface area contributed by atoms with E-state index in [4.69, 9.17) is 15.6 Å². The summed E-state index contributed by atoms with van der Waals surface area (Å²) in [6.07, 6.45) is 0.668. The molecule has 1 atom stereocenters. The molecule has 0 saturated heterocycles. The predicted molar refractivity (Wildman–Crippen MR) is 60.3 cm³/mol. The Morgan fingerprint density at radius 2 is 2.00 bits per heavy atom. The van der Waals surface area contributed by atoms with Crippen LogP contribution in [0.5, 0.6) is 0 Å². The van der Waals surface area contributed by atoms with Crippen molar-refractivity contribution < 1.29 is 14.6 Å². The maximum Gasteiger partial charge on any atom is 0.334 e. The van der Waals surface area contributed by atoms with Crippen LogP contribution in [0.25, 0.3) is 0 Å². The lowest BCUT2D eigenvalue weighted by Gasteiger charge is -2.03. The molecule has 0 bridgehead atoms. The van der Waals surface area contributed by atoms with E-state index >= 15 is 0 Å². The summed E-state index contributed by atoms with van der Waals surface area (Å²) in [5.74, 6) is -0.999. The standard InChI is InChI=1S/C6H11NO3.C4H11N/c1-4(6(8)9)3-10-5(2)7;1-3-5-4-2/h3,5H,7H2,1-2H3,(H,8,9);5H,3-4H2,1-2H3. The monoisotopic (exact) mass is 218 g/mol. The van der Waals surface area contributed by atoms with Crippen LogP contribution in [-0.4, -0.2) is 30.4 Å². The van der Waals surface area contributed by atoms with E-state index in [1.165, 1.54) is 6.92 Å². The van der Waals surface area contributed by atoms with Gasteiger partial charge in [0.15, 0.2) is 0 Å². The van der Waals surface area contributed by atoms with Crippen LogP contribution in [0.1, 0.15) is 27.7 Å². The Hall–Kier alpha value is -1.07. The van der Waals surface area contributed by atoms with Gasteiger partial charge in [-0.05, 0) is 26.9 Å². The van der Waals surface area contributed by atoms with E-state index in [1.807, 2.05) is 0 Å². The van der Waals surface area contributed by atoms with Gasteiger partial charge in [0.2, 0.25) is 0 Å². The molecule has 5 nitrogen and oxygen atoms in total. The molecule has 0 aliphatic heterocycles. The van der Waals surface area contributed by atoms with Crippen molar-refractivity contribution in [1.29, 1.82) is 0 Å². The number of ether oxygens (including phenoxy) is 1. The molecule has 0 aromatic carbocycles. The lowest BCUT2D eigenvalue weighted by molar-refractivity contribution is -0.132. The van der Waals surface area contributed by atoms with Crippen molar-refractivity contribution in [3.8, 4) is 0 Å². The molecule has 0 amide bonds. The van der Waals surface area contributed by atoms with Crippen molar-refractivity contribution in [2.24, 2.45) is 5.73 Å². The molecule has 0 aliphatic carbocycles.